The van der Waals surface area contributed by atoms with E-state index in [1.807, 2.05) is 67.3 Å². The number of anilines is 1. The van der Waals surface area contributed by atoms with Crippen LogP contribution < -0.4 is 9.64 Å². The van der Waals surface area contributed by atoms with Crippen LogP contribution in [0, 0.1) is 12.8 Å². The Labute approximate surface area is 318 Å². The summed E-state index contributed by atoms with van der Waals surface area (Å²) in [5.41, 5.74) is 3.06. The normalized spacial score (nSPS) is 15.5. The zero-order valence-electron chi connectivity index (χ0n) is 31.1. The molecule has 11 heteroatoms. The van der Waals surface area contributed by atoms with E-state index in [1.165, 1.54) is 0 Å². The number of carbonyl (C=O) groups excluding carboxylic acids is 5. The highest BCUT2D eigenvalue weighted by Crippen LogP contribution is 2.28. The molecule has 0 radical (unpaired) electrons. The molecule has 2 fully saturated rings. The number of rotatable bonds is 15. The molecule has 0 saturated carbocycles. The van der Waals surface area contributed by atoms with Gasteiger partial charge in [-0.05, 0) is 87.9 Å². The molecule has 3 aromatic rings. The average molecular weight is 743 g/mol. The Hall–Kier alpha value is -4.54. The van der Waals surface area contributed by atoms with Gasteiger partial charge in [-0.15, -0.1) is 0 Å². The molecular formula is C42H51ClN4O6. The van der Waals surface area contributed by atoms with Crippen LogP contribution in [0.3, 0.4) is 0 Å². The molecule has 0 aliphatic carbocycles. The van der Waals surface area contributed by atoms with Gasteiger partial charge in [0.2, 0.25) is 17.6 Å². The Bertz CT molecular complexity index is 1750. The van der Waals surface area contributed by atoms with Crippen LogP contribution >= 0.6 is 11.6 Å². The van der Waals surface area contributed by atoms with E-state index in [0.29, 0.717) is 74.8 Å². The van der Waals surface area contributed by atoms with E-state index in [1.54, 1.807) is 41.0 Å². The summed E-state index contributed by atoms with van der Waals surface area (Å²) in [6, 6.07) is 22.1. The number of benzene rings is 3. The van der Waals surface area contributed by atoms with Crippen LogP contribution in [0.25, 0.3) is 0 Å². The van der Waals surface area contributed by atoms with Crippen LogP contribution in [0.2, 0.25) is 5.02 Å². The summed E-state index contributed by atoms with van der Waals surface area (Å²) in [6.07, 6.45) is 2.97. The Morgan fingerprint density at radius 2 is 1.58 bits per heavy atom. The standard InChI is InChI=1S/C42H51ClN4O6/c1-4-46(42(52)40(50)28-39(49)34-12-8-13-37(26-34)53-29-32-10-6-5-7-11-32)35-18-22-44(23-19-35)20-9-21-47(36-15-14-30(2)38(43)27-36)41(51)33-16-24-45(25-17-33)31(3)48/h5-8,10-15,26-27,33,35H,4,9,16-25,28-29H2,1-3H3. The van der Waals surface area contributed by atoms with Gasteiger partial charge in [0.05, 0.1) is 6.42 Å². The number of piperidine rings is 2. The van der Waals surface area contributed by atoms with Crippen molar-refractivity contribution in [1.29, 1.82) is 0 Å². The van der Waals surface area contributed by atoms with Crippen molar-refractivity contribution < 1.29 is 28.7 Å². The number of carbonyl (C=O) groups is 5. The number of ether oxygens (including phenoxy) is 1. The zero-order valence-corrected chi connectivity index (χ0v) is 31.9. The Balaban J connectivity index is 1.10. The van der Waals surface area contributed by atoms with Gasteiger partial charge in [0.25, 0.3) is 5.91 Å². The molecule has 5 rings (SSSR count). The topological polar surface area (TPSA) is 108 Å². The monoisotopic (exact) mass is 742 g/mol. The van der Waals surface area contributed by atoms with Gasteiger partial charge >= 0.3 is 0 Å². The fourth-order valence-electron chi connectivity index (χ4n) is 7.24. The molecular weight excluding hydrogens is 692 g/mol. The molecule has 53 heavy (non-hydrogen) atoms. The van der Waals surface area contributed by atoms with Crippen LogP contribution in [0.4, 0.5) is 5.69 Å². The third-order valence-corrected chi connectivity index (χ3v) is 10.8. The maximum Gasteiger partial charge on any atom is 0.290 e. The Morgan fingerprint density at radius 3 is 2.25 bits per heavy atom. The van der Waals surface area contributed by atoms with Gasteiger partial charge in [0.15, 0.2) is 5.78 Å². The van der Waals surface area contributed by atoms with Gasteiger partial charge in [-0.3, -0.25) is 24.0 Å². The predicted molar refractivity (Wildman–Crippen MR) is 206 cm³/mol. The first-order valence-corrected chi connectivity index (χ1v) is 19.1. The summed E-state index contributed by atoms with van der Waals surface area (Å²) in [7, 11) is 0. The summed E-state index contributed by atoms with van der Waals surface area (Å²) < 4.78 is 5.84. The summed E-state index contributed by atoms with van der Waals surface area (Å²) in [6.45, 7) is 10.1. The number of ketones is 2. The van der Waals surface area contributed by atoms with Crippen LogP contribution in [0.15, 0.2) is 72.8 Å². The SMILES string of the molecule is CCN(C(=O)C(=O)CC(=O)c1cccc(OCc2ccccc2)c1)C1CCN(CCCN(C(=O)C2CCN(C(C)=O)CC2)c2ccc(C)c(Cl)c2)CC1. The van der Waals surface area contributed by atoms with E-state index < -0.39 is 23.9 Å². The minimum Gasteiger partial charge on any atom is -0.489 e. The molecule has 0 spiro atoms. The number of hydrogen-bond donors (Lipinski definition) is 0. The third-order valence-electron chi connectivity index (χ3n) is 10.4. The number of hydrogen-bond acceptors (Lipinski definition) is 7. The summed E-state index contributed by atoms with van der Waals surface area (Å²) in [4.78, 5) is 72.8. The number of likely N-dealkylation sites (tertiary alicyclic amines) is 2. The van der Waals surface area contributed by atoms with E-state index in [2.05, 4.69) is 4.90 Å². The molecule has 0 N–H and O–H groups in total. The Morgan fingerprint density at radius 1 is 0.868 bits per heavy atom. The zero-order chi connectivity index (χ0) is 37.9. The highest BCUT2D eigenvalue weighted by Gasteiger charge is 2.33. The second-order valence-electron chi connectivity index (χ2n) is 14.0. The average Bonchev–Trinajstić information content (AvgIpc) is 3.18. The van der Waals surface area contributed by atoms with Crippen LogP contribution in [0.1, 0.15) is 73.9 Å². The number of halogens is 1. The first-order chi connectivity index (χ1) is 25.5. The predicted octanol–water partition coefficient (Wildman–Crippen LogP) is 6.36. The molecule has 10 nitrogen and oxygen atoms in total. The van der Waals surface area contributed by atoms with Crippen molar-refractivity contribution in [3.63, 3.8) is 0 Å². The second-order valence-corrected chi connectivity index (χ2v) is 14.5. The largest absolute Gasteiger partial charge is 0.489 e. The highest BCUT2D eigenvalue weighted by atomic mass is 35.5. The van der Waals surface area contributed by atoms with E-state index in [0.717, 1.165) is 42.9 Å². The molecule has 0 atom stereocenters. The van der Waals surface area contributed by atoms with Crippen LogP contribution in [-0.4, -0.2) is 95.8 Å². The summed E-state index contributed by atoms with van der Waals surface area (Å²) in [5, 5.41) is 0.616. The lowest BCUT2D eigenvalue weighted by atomic mass is 9.94. The fourth-order valence-corrected chi connectivity index (χ4v) is 7.41. The minimum absolute atomic E-state index is 0.0397. The molecule has 282 valence electrons. The van der Waals surface area contributed by atoms with Gasteiger partial charge in [0.1, 0.15) is 12.4 Å². The maximum atomic E-state index is 13.8. The summed E-state index contributed by atoms with van der Waals surface area (Å²) >= 11 is 6.48. The third kappa shape index (κ3) is 10.8. The second kappa shape index (κ2) is 19.0. The molecule has 2 aliphatic heterocycles. The van der Waals surface area contributed by atoms with E-state index in [4.69, 9.17) is 16.3 Å². The van der Waals surface area contributed by atoms with E-state index in [9.17, 15) is 24.0 Å². The number of amides is 3. The van der Waals surface area contributed by atoms with E-state index in [-0.39, 0.29) is 23.8 Å². The molecule has 2 heterocycles. The van der Waals surface area contributed by atoms with Crippen molar-refractivity contribution in [1.82, 2.24) is 14.7 Å². The number of Topliss-reactive ketones (excluding diaryl/α,β-unsaturated/α-hetero) is 2. The van der Waals surface area contributed by atoms with Gasteiger partial charge in [-0.25, -0.2) is 0 Å². The van der Waals surface area contributed by atoms with Gasteiger partial charge in [0, 0.05) is 74.4 Å². The Kier molecular flexibility index (Phi) is 14.2. The molecule has 2 aliphatic rings. The van der Waals surface area contributed by atoms with Crippen LogP contribution in [-0.2, 0) is 25.8 Å². The molecule has 3 amide bonds. The van der Waals surface area contributed by atoms with Crippen molar-refractivity contribution in [2.75, 3.05) is 50.7 Å². The van der Waals surface area contributed by atoms with Crippen molar-refractivity contribution in [2.24, 2.45) is 5.92 Å². The van der Waals surface area contributed by atoms with Crippen molar-refractivity contribution in [3.05, 3.63) is 94.5 Å². The lowest BCUT2D eigenvalue weighted by Gasteiger charge is -2.38. The lowest BCUT2D eigenvalue weighted by molar-refractivity contribution is -0.146. The highest BCUT2D eigenvalue weighted by molar-refractivity contribution is 6.40. The fraction of sp³-hybridized carbons (Fsp3) is 0.452. The smallest absolute Gasteiger partial charge is 0.290 e. The molecule has 0 bridgehead atoms. The summed E-state index contributed by atoms with van der Waals surface area (Å²) in [5.74, 6) is -1.26. The maximum absolute atomic E-state index is 13.8. The molecule has 0 aromatic heterocycles. The van der Waals surface area contributed by atoms with Gasteiger partial charge < -0.3 is 24.3 Å². The van der Waals surface area contributed by atoms with Crippen molar-refractivity contribution in [2.45, 2.75) is 71.9 Å². The van der Waals surface area contributed by atoms with Crippen molar-refractivity contribution in [3.8, 4) is 5.75 Å². The molecule has 2 saturated heterocycles. The first-order valence-electron chi connectivity index (χ1n) is 18.7. The van der Waals surface area contributed by atoms with E-state index >= 15 is 0 Å². The molecule has 3 aromatic carbocycles. The van der Waals surface area contributed by atoms with Crippen LogP contribution in [0.5, 0.6) is 5.75 Å². The first kappa shape index (κ1) is 39.7. The minimum atomic E-state index is -0.706. The number of likely N-dealkylation sites (N-methyl/N-ethyl adjacent to an activating group) is 1. The van der Waals surface area contributed by atoms with Gasteiger partial charge in [-0.1, -0.05) is 60.1 Å². The quantitative estimate of drug-likeness (QED) is 0.101. The lowest BCUT2D eigenvalue weighted by Crippen LogP contribution is -2.50. The molecule has 0 unspecified atom stereocenters. The van der Waals surface area contributed by atoms with Crippen molar-refractivity contribution >= 4 is 46.6 Å². The van der Waals surface area contributed by atoms with Gasteiger partial charge in [-0.2, -0.15) is 0 Å². The number of aryl methyl sites for hydroxylation is 1. The number of nitrogens with zero attached hydrogens (tertiary/aromatic N) is 4.